The number of rotatable bonds is 4. The van der Waals surface area contributed by atoms with Gasteiger partial charge in [0.25, 0.3) is 5.91 Å². The standard InChI is InChI=1S/C21H22ClN3O2/c1-14-18-11-16(22)4-5-19(18)27-20(14)21(26)24-17-6-9-25(10-7-17)13-15-3-2-8-23-12-15/h2-5,8,11-12,17H,6-7,9-10,13H2,1H3,(H,24,26). The van der Waals surface area contributed by atoms with Crippen molar-refractivity contribution in [2.24, 2.45) is 0 Å². The maximum atomic E-state index is 12.7. The van der Waals surface area contributed by atoms with E-state index in [1.54, 1.807) is 18.3 Å². The van der Waals surface area contributed by atoms with Crippen molar-refractivity contribution in [1.29, 1.82) is 0 Å². The summed E-state index contributed by atoms with van der Waals surface area (Å²) in [5.41, 5.74) is 2.74. The van der Waals surface area contributed by atoms with Gasteiger partial charge in [-0.15, -0.1) is 0 Å². The van der Waals surface area contributed by atoms with Crippen LogP contribution < -0.4 is 5.32 Å². The first-order valence-corrected chi connectivity index (χ1v) is 9.59. The van der Waals surface area contributed by atoms with E-state index >= 15 is 0 Å². The predicted molar refractivity (Wildman–Crippen MR) is 106 cm³/mol. The topological polar surface area (TPSA) is 58.4 Å². The summed E-state index contributed by atoms with van der Waals surface area (Å²) in [6, 6.07) is 9.63. The number of carbonyl (C=O) groups is 1. The summed E-state index contributed by atoms with van der Waals surface area (Å²) in [7, 11) is 0. The average molecular weight is 384 g/mol. The van der Waals surface area contributed by atoms with E-state index in [4.69, 9.17) is 16.0 Å². The molecule has 1 N–H and O–H groups in total. The number of benzene rings is 1. The highest BCUT2D eigenvalue weighted by Crippen LogP contribution is 2.28. The first-order valence-electron chi connectivity index (χ1n) is 9.21. The van der Waals surface area contributed by atoms with Crippen molar-refractivity contribution in [3.05, 3.63) is 64.6 Å². The monoisotopic (exact) mass is 383 g/mol. The summed E-state index contributed by atoms with van der Waals surface area (Å²) in [5.74, 6) is 0.232. The Hall–Kier alpha value is -2.37. The van der Waals surface area contributed by atoms with E-state index in [1.165, 1.54) is 5.56 Å². The van der Waals surface area contributed by atoms with Crippen LogP contribution in [-0.2, 0) is 6.54 Å². The number of halogens is 1. The smallest absolute Gasteiger partial charge is 0.287 e. The van der Waals surface area contributed by atoms with Gasteiger partial charge in [-0.1, -0.05) is 17.7 Å². The number of pyridine rings is 1. The van der Waals surface area contributed by atoms with E-state index in [1.807, 2.05) is 25.3 Å². The molecule has 0 spiro atoms. The normalized spacial score (nSPS) is 15.9. The molecule has 2 aromatic heterocycles. The van der Waals surface area contributed by atoms with Gasteiger partial charge in [-0.3, -0.25) is 14.7 Å². The zero-order valence-corrected chi connectivity index (χ0v) is 16.0. The number of fused-ring (bicyclic) bond motifs is 1. The molecule has 5 nitrogen and oxygen atoms in total. The van der Waals surface area contributed by atoms with E-state index in [0.29, 0.717) is 16.4 Å². The highest BCUT2D eigenvalue weighted by Gasteiger charge is 2.24. The summed E-state index contributed by atoms with van der Waals surface area (Å²) in [6.45, 7) is 4.70. The number of aryl methyl sites for hydroxylation is 1. The van der Waals surface area contributed by atoms with Crippen molar-refractivity contribution < 1.29 is 9.21 Å². The fraction of sp³-hybridized carbons (Fsp3) is 0.333. The van der Waals surface area contributed by atoms with Gasteiger partial charge in [0.2, 0.25) is 0 Å². The van der Waals surface area contributed by atoms with Crippen LogP contribution in [-0.4, -0.2) is 34.9 Å². The van der Waals surface area contributed by atoms with Crippen LogP contribution >= 0.6 is 11.6 Å². The van der Waals surface area contributed by atoms with Crippen molar-refractivity contribution in [2.45, 2.75) is 32.4 Å². The number of nitrogens with zero attached hydrogens (tertiary/aromatic N) is 2. The van der Waals surface area contributed by atoms with Crippen LogP contribution in [0.1, 0.15) is 34.5 Å². The van der Waals surface area contributed by atoms with Gasteiger partial charge in [0.15, 0.2) is 5.76 Å². The number of aromatic nitrogens is 1. The lowest BCUT2D eigenvalue weighted by Gasteiger charge is -2.32. The van der Waals surface area contributed by atoms with Crippen molar-refractivity contribution in [1.82, 2.24) is 15.2 Å². The average Bonchev–Trinajstić information content (AvgIpc) is 3.00. The summed E-state index contributed by atoms with van der Waals surface area (Å²) in [4.78, 5) is 19.3. The molecular formula is C21H22ClN3O2. The lowest BCUT2D eigenvalue weighted by atomic mass is 10.0. The first-order chi connectivity index (χ1) is 13.1. The van der Waals surface area contributed by atoms with Crippen LogP contribution in [0.3, 0.4) is 0 Å². The quantitative estimate of drug-likeness (QED) is 0.734. The molecule has 0 aliphatic carbocycles. The van der Waals surface area contributed by atoms with E-state index in [2.05, 4.69) is 21.3 Å². The van der Waals surface area contributed by atoms with Gasteiger partial charge in [0, 0.05) is 54.0 Å². The van der Waals surface area contributed by atoms with Crippen LogP contribution in [0.5, 0.6) is 0 Å². The fourth-order valence-electron chi connectivity index (χ4n) is 3.65. The predicted octanol–water partition coefficient (Wildman–Crippen LogP) is 4.18. The minimum Gasteiger partial charge on any atom is -0.451 e. The Morgan fingerprint density at radius 3 is 2.89 bits per heavy atom. The summed E-state index contributed by atoms with van der Waals surface area (Å²) in [6.07, 6.45) is 5.55. The van der Waals surface area contributed by atoms with Gasteiger partial charge in [0.05, 0.1) is 0 Å². The van der Waals surface area contributed by atoms with Crippen LogP contribution in [0.4, 0.5) is 0 Å². The minimum absolute atomic E-state index is 0.148. The Kier molecular flexibility index (Phi) is 5.14. The van der Waals surface area contributed by atoms with Gasteiger partial charge in [-0.25, -0.2) is 0 Å². The second kappa shape index (κ2) is 7.71. The van der Waals surface area contributed by atoms with Crippen LogP contribution in [0.25, 0.3) is 11.0 Å². The molecule has 27 heavy (non-hydrogen) atoms. The van der Waals surface area contributed by atoms with E-state index in [0.717, 1.165) is 43.4 Å². The molecule has 3 aromatic rings. The number of furan rings is 1. The molecule has 1 saturated heterocycles. The summed E-state index contributed by atoms with van der Waals surface area (Å²) in [5, 5.41) is 4.66. The number of nitrogens with one attached hydrogen (secondary N) is 1. The molecule has 0 bridgehead atoms. The molecule has 0 radical (unpaired) electrons. The Morgan fingerprint density at radius 2 is 2.15 bits per heavy atom. The summed E-state index contributed by atoms with van der Waals surface area (Å²) < 4.78 is 5.77. The molecule has 0 saturated carbocycles. The molecule has 140 valence electrons. The molecule has 0 atom stereocenters. The highest BCUT2D eigenvalue weighted by molar-refractivity contribution is 6.31. The number of hydrogen-bond acceptors (Lipinski definition) is 4. The van der Waals surface area contributed by atoms with Crippen LogP contribution in [0.15, 0.2) is 47.1 Å². The molecule has 1 fully saturated rings. The molecule has 1 aliphatic heterocycles. The Morgan fingerprint density at radius 1 is 1.33 bits per heavy atom. The van der Waals surface area contributed by atoms with Crippen molar-refractivity contribution in [3.8, 4) is 0 Å². The lowest BCUT2D eigenvalue weighted by Crippen LogP contribution is -2.44. The van der Waals surface area contributed by atoms with E-state index < -0.39 is 0 Å². The van der Waals surface area contributed by atoms with Crippen molar-refractivity contribution in [2.75, 3.05) is 13.1 Å². The molecule has 0 unspecified atom stereocenters. The summed E-state index contributed by atoms with van der Waals surface area (Å²) >= 11 is 6.06. The third-order valence-electron chi connectivity index (χ3n) is 5.16. The molecule has 3 heterocycles. The Bertz CT molecular complexity index is 947. The van der Waals surface area contributed by atoms with Crippen LogP contribution in [0, 0.1) is 6.92 Å². The zero-order chi connectivity index (χ0) is 18.8. The number of hydrogen-bond donors (Lipinski definition) is 1. The van der Waals surface area contributed by atoms with Crippen LogP contribution in [0.2, 0.25) is 5.02 Å². The van der Waals surface area contributed by atoms with E-state index in [-0.39, 0.29) is 11.9 Å². The number of piperidine rings is 1. The zero-order valence-electron chi connectivity index (χ0n) is 15.2. The third kappa shape index (κ3) is 3.99. The Labute approximate surface area is 163 Å². The molecule has 1 aliphatic rings. The van der Waals surface area contributed by atoms with Crippen molar-refractivity contribution in [3.63, 3.8) is 0 Å². The minimum atomic E-state index is -0.148. The third-order valence-corrected chi connectivity index (χ3v) is 5.39. The molecule has 1 aromatic carbocycles. The number of likely N-dealkylation sites (tertiary alicyclic amines) is 1. The van der Waals surface area contributed by atoms with Gasteiger partial charge < -0.3 is 9.73 Å². The fourth-order valence-corrected chi connectivity index (χ4v) is 3.82. The Balaban J connectivity index is 1.36. The second-order valence-electron chi connectivity index (χ2n) is 7.08. The van der Waals surface area contributed by atoms with Gasteiger partial charge in [-0.05, 0) is 49.6 Å². The number of carbonyl (C=O) groups excluding carboxylic acids is 1. The first kappa shape index (κ1) is 18.0. The van der Waals surface area contributed by atoms with E-state index in [9.17, 15) is 4.79 Å². The van der Waals surface area contributed by atoms with Gasteiger partial charge in [-0.2, -0.15) is 0 Å². The largest absolute Gasteiger partial charge is 0.451 e. The van der Waals surface area contributed by atoms with Gasteiger partial charge in [0.1, 0.15) is 5.58 Å². The maximum Gasteiger partial charge on any atom is 0.287 e. The SMILES string of the molecule is Cc1c(C(=O)NC2CCN(Cc3cccnc3)CC2)oc2ccc(Cl)cc12. The second-order valence-corrected chi connectivity index (χ2v) is 7.52. The highest BCUT2D eigenvalue weighted by atomic mass is 35.5. The molecular weight excluding hydrogens is 362 g/mol. The van der Waals surface area contributed by atoms with Crippen molar-refractivity contribution >= 4 is 28.5 Å². The lowest BCUT2D eigenvalue weighted by molar-refractivity contribution is 0.0882. The molecule has 4 rings (SSSR count). The van der Waals surface area contributed by atoms with Gasteiger partial charge >= 0.3 is 0 Å². The molecule has 1 amide bonds. The molecule has 6 heteroatoms. The number of amides is 1. The maximum absolute atomic E-state index is 12.7.